The minimum atomic E-state index is -0.517. The highest BCUT2D eigenvalue weighted by Crippen LogP contribution is 2.12. The molecule has 0 fully saturated rings. The average molecular weight is 286 g/mol. The van der Waals surface area contributed by atoms with Gasteiger partial charge in [0.25, 0.3) is 0 Å². The zero-order chi connectivity index (χ0) is 12.2. The zero-order valence-electron chi connectivity index (χ0n) is 9.50. The Morgan fingerprint density at radius 2 is 1.94 bits per heavy atom. The van der Waals surface area contributed by atoms with Gasteiger partial charge in [-0.05, 0) is 31.5 Å². The molecule has 0 atom stereocenters. The molecular formula is C12H16BrNO2. The van der Waals surface area contributed by atoms with Crippen LogP contribution in [0.5, 0.6) is 0 Å². The lowest BCUT2D eigenvalue weighted by Gasteiger charge is -2.16. The lowest BCUT2D eigenvalue weighted by molar-refractivity contribution is -0.146. The Balaban J connectivity index is 2.40. The Hall–Kier alpha value is -0.870. The van der Waals surface area contributed by atoms with Crippen LogP contribution in [0.1, 0.15) is 25.8 Å². The molecule has 0 radical (unpaired) electrons. The van der Waals surface area contributed by atoms with E-state index in [0.29, 0.717) is 6.61 Å². The average Bonchev–Trinajstić information content (AvgIpc) is 2.14. The van der Waals surface area contributed by atoms with Gasteiger partial charge < -0.3 is 10.5 Å². The fourth-order valence-electron chi connectivity index (χ4n) is 1.17. The van der Waals surface area contributed by atoms with Gasteiger partial charge >= 0.3 is 5.97 Å². The first kappa shape index (κ1) is 13.2. The number of nitrogens with two attached hydrogens (primary N) is 1. The molecule has 0 aliphatic rings. The fourth-order valence-corrected chi connectivity index (χ4v) is 1.43. The van der Waals surface area contributed by atoms with Crippen LogP contribution in [-0.4, -0.2) is 11.5 Å². The van der Waals surface area contributed by atoms with Gasteiger partial charge in [-0.1, -0.05) is 28.1 Å². The zero-order valence-corrected chi connectivity index (χ0v) is 11.1. The molecule has 0 aliphatic heterocycles. The molecule has 1 rings (SSSR count). The van der Waals surface area contributed by atoms with E-state index in [1.54, 1.807) is 13.8 Å². The first-order valence-electron chi connectivity index (χ1n) is 5.06. The minimum absolute atomic E-state index is 0.226. The van der Waals surface area contributed by atoms with Crippen LogP contribution < -0.4 is 5.73 Å². The summed E-state index contributed by atoms with van der Waals surface area (Å²) in [5.41, 5.74) is 6.17. The van der Waals surface area contributed by atoms with E-state index in [0.717, 1.165) is 10.0 Å². The topological polar surface area (TPSA) is 52.3 Å². The van der Waals surface area contributed by atoms with Crippen molar-refractivity contribution in [3.05, 3.63) is 34.3 Å². The Kier molecular flexibility index (Phi) is 4.50. The van der Waals surface area contributed by atoms with Crippen LogP contribution in [0.2, 0.25) is 0 Å². The summed E-state index contributed by atoms with van der Waals surface area (Å²) in [6.45, 7) is 3.89. The van der Waals surface area contributed by atoms with E-state index in [1.165, 1.54) is 0 Å². The van der Waals surface area contributed by atoms with Crippen molar-refractivity contribution in [2.45, 2.75) is 32.4 Å². The maximum absolute atomic E-state index is 11.4. The van der Waals surface area contributed by atoms with E-state index in [4.69, 9.17) is 10.5 Å². The second-order valence-corrected chi connectivity index (χ2v) is 5.37. The van der Waals surface area contributed by atoms with Crippen molar-refractivity contribution in [3.63, 3.8) is 0 Å². The largest absolute Gasteiger partial charge is 0.461 e. The fraction of sp³-hybridized carbons (Fsp3) is 0.417. The molecule has 0 unspecified atom stereocenters. The van der Waals surface area contributed by atoms with Crippen molar-refractivity contribution >= 4 is 21.9 Å². The number of benzene rings is 1. The molecule has 0 amide bonds. The van der Waals surface area contributed by atoms with E-state index in [2.05, 4.69) is 15.9 Å². The second kappa shape index (κ2) is 5.46. The summed E-state index contributed by atoms with van der Waals surface area (Å²) >= 11 is 3.34. The van der Waals surface area contributed by atoms with E-state index < -0.39 is 5.54 Å². The lowest BCUT2D eigenvalue weighted by atomic mass is 10.0. The molecule has 0 saturated heterocycles. The molecule has 2 N–H and O–H groups in total. The number of carbonyl (C=O) groups is 1. The molecule has 1 aromatic carbocycles. The van der Waals surface area contributed by atoms with Gasteiger partial charge in [0.05, 0.1) is 6.42 Å². The smallest absolute Gasteiger partial charge is 0.307 e. The van der Waals surface area contributed by atoms with Crippen molar-refractivity contribution in [3.8, 4) is 0 Å². The van der Waals surface area contributed by atoms with Crippen LogP contribution in [0, 0.1) is 0 Å². The molecule has 0 aliphatic carbocycles. The van der Waals surface area contributed by atoms with Gasteiger partial charge in [-0.3, -0.25) is 4.79 Å². The molecule has 0 heterocycles. The van der Waals surface area contributed by atoms with Gasteiger partial charge in [0.2, 0.25) is 0 Å². The third-order valence-corrected chi connectivity index (χ3v) is 2.44. The maximum atomic E-state index is 11.4. The summed E-state index contributed by atoms with van der Waals surface area (Å²) < 4.78 is 6.11. The normalized spacial score (nSPS) is 11.2. The number of hydrogen-bond acceptors (Lipinski definition) is 3. The monoisotopic (exact) mass is 285 g/mol. The van der Waals surface area contributed by atoms with Crippen molar-refractivity contribution in [1.29, 1.82) is 0 Å². The van der Waals surface area contributed by atoms with Crippen LogP contribution >= 0.6 is 15.9 Å². The lowest BCUT2D eigenvalue weighted by Crippen LogP contribution is -2.35. The van der Waals surface area contributed by atoms with Crippen LogP contribution in [0.3, 0.4) is 0 Å². The first-order valence-corrected chi connectivity index (χ1v) is 5.85. The number of rotatable bonds is 4. The predicted molar refractivity (Wildman–Crippen MR) is 66.8 cm³/mol. The molecule has 0 bridgehead atoms. The third-order valence-electron chi connectivity index (χ3n) is 1.91. The van der Waals surface area contributed by atoms with Gasteiger partial charge in [0.15, 0.2) is 0 Å². The molecule has 0 spiro atoms. The van der Waals surface area contributed by atoms with E-state index >= 15 is 0 Å². The summed E-state index contributed by atoms with van der Waals surface area (Å²) in [7, 11) is 0. The molecule has 4 heteroatoms. The van der Waals surface area contributed by atoms with Crippen LogP contribution in [0.25, 0.3) is 0 Å². The highest BCUT2D eigenvalue weighted by molar-refractivity contribution is 9.10. The highest BCUT2D eigenvalue weighted by atomic mass is 79.9. The van der Waals surface area contributed by atoms with Crippen LogP contribution in [0.4, 0.5) is 0 Å². The molecule has 0 saturated carbocycles. The summed E-state index contributed by atoms with van der Waals surface area (Å²) in [5.74, 6) is -0.268. The van der Waals surface area contributed by atoms with Gasteiger partial charge in [0.1, 0.15) is 6.61 Å². The van der Waals surface area contributed by atoms with Gasteiger partial charge in [-0.15, -0.1) is 0 Å². The minimum Gasteiger partial charge on any atom is -0.461 e. The SMILES string of the molecule is CC(C)(N)CC(=O)OCc1ccc(Br)cc1. The summed E-state index contributed by atoms with van der Waals surface area (Å²) in [5, 5.41) is 0. The van der Waals surface area contributed by atoms with Crippen molar-refractivity contribution in [2.75, 3.05) is 0 Å². The van der Waals surface area contributed by atoms with Crippen molar-refractivity contribution < 1.29 is 9.53 Å². The summed E-state index contributed by atoms with van der Waals surface area (Å²) in [6, 6.07) is 7.64. The molecule has 16 heavy (non-hydrogen) atoms. The predicted octanol–water partition coefficient (Wildman–Crippen LogP) is 2.62. The van der Waals surface area contributed by atoms with E-state index in [9.17, 15) is 4.79 Å². The standard InChI is InChI=1S/C12H16BrNO2/c1-12(2,14)7-11(15)16-8-9-3-5-10(13)6-4-9/h3-6H,7-8,14H2,1-2H3. The third kappa shape index (κ3) is 5.28. The molecule has 0 aromatic heterocycles. The molecule has 1 aromatic rings. The molecular weight excluding hydrogens is 270 g/mol. The van der Waals surface area contributed by atoms with Gasteiger partial charge in [-0.2, -0.15) is 0 Å². The maximum Gasteiger partial charge on any atom is 0.307 e. The van der Waals surface area contributed by atoms with Crippen LogP contribution in [0.15, 0.2) is 28.7 Å². The number of hydrogen-bond donors (Lipinski definition) is 1. The van der Waals surface area contributed by atoms with Crippen molar-refractivity contribution in [2.24, 2.45) is 5.73 Å². The Morgan fingerprint density at radius 1 is 1.38 bits per heavy atom. The second-order valence-electron chi connectivity index (χ2n) is 4.45. The van der Waals surface area contributed by atoms with Crippen LogP contribution in [-0.2, 0) is 16.1 Å². The quantitative estimate of drug-likeness (QED) is 0.866. The van der Waals surface area contributed by atoms with Gasteiger partial charge in [0, 0.05) is 10.0 Å². The highest BCUT2D eigenvalue weighted by Gasteiger charge is 2.17. The van der Waals surface area contributed by atoms with E-state index in [-0.39, 0.29) is 12.4 Å². The Labute approximate surface area is 104 Å². The number of esters is 1. The number of carbonyl (C=O) groups excluding carboxylic acids is 1. The first-order chi connectivity index (χ1) is 7.37. The number of ether oxygens (including phenoxy) is 1. The van der Waals surface area contributed by atoms with Crippen molar-refractivity contribution in [1.82, 2.24) is 0 Å². The Bertz CT molecular complexity index is 354. The van der Waals surface area contributed by atoms with Gasteiger partial charge in [-0.25, -0.2) is 0 Å². The summed E-state index contributed by atoms with van der Waals surface area (Å²) in [4.78, 5) is 11.4. The summed E-state index contributed by atoms with van der Waals surface area (Å²) in [6.07, 6.45) is 0.226. The molecule has 3 nitrogen and oxygen atoms in total. The number of halogens is 1. The Morgan fingerprint density at radius 3 is 2.44 bits per heavy atom. The van der Waals surface area contributed by atoms with E-state index in [1.807, 2.05) is 24.3 Å². The molecule has 88 valence electrons.